The van der Waals surface area contributed by atoms with E-state index in [2.05, 4.69) is 33.0 Å². The average molecular weight is 303 g/mol. The Balaban J connectivity index is 0.000000845. The molecule has 1 nitrogen and oxygen atoms in total. The van der Waals surface area contributed by atoms with Gasteiger partial charge in [0.15, 0.2) is 0 Å². The lowest BCUT2D eigenvalue weighted by Crippen LogP contribution is -1.82. The van der Waals surface area contributed by atoms with Crippen LogP contribution in [0.25, 0.3) is 10.9 Å². The summed E-state index contributed by atoms with van der Waals surface area (Å²) >= 11 is 3.45. The second-order valence-corrected chi connectivity index (χ2v) is 3.18. The van der Waals surface area contributed by atoms with Crippen LogP contribution in [0.1, 0.15) is 5.56 Å². The first-order valence-electron chi connectivity index (χ1n) is 3.80. The van der Waals surface area contributed by atoms with Crippen molar-refractivity contribution in [3.63, 3.8) is 0 Å². The maximum absolute atomic E-state index is 4.27. The molecule has 0 aliphatic carbocycles. The van der Waals surface area contributed by atoms with E-state index in [1.54, 1.807) is 0 Å². The van der Waals surface area contributed by atoms with E-state index in [1.165, 1.54) is 10.9 Å². The van der Waals surface area contributed by atoms with Gasteiger partial charge in [-0.3, -0.25) is 4.98 Å². The minimum Gasteiger partial charge on any atom is -0.256 e. The molecule has 2 aromatic rings. The summed E-state index contributed by atoms with van der Waals surface area (Å²) < 4.78 is 0. The molecule has 0 unspecified atom stereocenters. The lowest BCUT2D eigenvalue weighted by molar-refractivity contribution is 1.38. The van der Waals surface area contributed by atoms with Gasteiger partial charge >= 0.3 is 0 Å². The Morgan fingerprint density at radius 3 is 2.77 bits per heavy atom. The van der Waals surface area contributed by atoms with Gasteiger partial charge in [0.1, 0.15) is 0 Å². The number of fused-ring (bicyclic) bond motifs is 1. The zero-order chi connectivity index (χ0) is 8.39. The van der Waals surface area contributed by atoms with Crippen molar-refractivity contribution in [2.75, 3.05) is 0 Å². The largest absolute Gasteiger partial charge is 0.256 e. The van der Waals surface area contributed by atoms with Crippen molar-refractivity contribution >= 4 is 43.8 Å². The van der Waals surface area contributed by atoms with Crippen LogP contribution >= 0.6 is 32.9 Å². The summed E-state index contributed by atoms with van der Waals surface area (Å²) in [6.45, 7) is 0. The number of benzene rings is 1. The van der Waals surface area contributed by atoms with Crippen LogP contribution in [-0.4, -0.2) is 4.98 Å². The molecule has 0 N–H and O–H groups in total. The fraction of sp³-hybridized carbons (Fsp3) is 0.100. The second-order valence-electron chi connectivity index (χ2n) is 2.62. The molecule has 1 aromatic heterocycles. The van der Waals surface area contributed by atoms with Gasteiger partial charge in [0, 0.05) is 16.9 Å². The molecule has 0 amide bonds. The summed E-state index contributed by atoms with van der Waals surface area (Å²) in [4.78, 5) is 4.27. The molecule has 0 saturated heterocycles. The molecular formula is C10H9Br2N. The van der Waals surface area contributed by atoms with Crippen LogP contribution in [0, 0.1) is 0 Å². The van der Waals surface area contributed by atoms with Crippen LogP contribution in [0.2, 0.25) is 0 Å². The van der Waals surface area contributed by atoms with E-state index in [1.807, 2.05) is 24.4 Å². The topological polar surface area (TPSA) is 12.9 Å². The zero-order valence-corrected chi connectivity index (χ0v) is 10.2. The van der Waals surface area contributed by atoms with Crippen LogP contribution < -0.4 is 0 Å². The van der Waals surface area contributed by atoms with Gasteiger partial charge in [-0.05, 0) is 17.7 Å². The molecule has 0 aliphatic heterocycles. The Morgan fingerprint density at radius 1 is 1.15 bits per heavy atom. The SMILES string of the molecule is Br.BrCc1cccc2ncccc12. The fourth-order valence-electron chi connectivity index (χ4n) is 1.28. The van der Waals surface area contributed by atoms with Crippen molar-refractivity contribution in [3.8, 4) is 0 Å². The maximum Gasteiger partial charge on any atom is 0.0705 e. The van der Waals surface area contributed by atoms with Crippen molar-refractivity contribution in [1.82, 2.24) is 4.98 Å². The van der Waals surface area contributed by atoms with Gasteiger partial charge in [-0.15, -0.1) is 17.0 Å². The van der Waals surface area contributed by atoms with E-state index in [9.17, 15) is 0 Å². The summed E-state index contributed by atoms with van der Waals surface area (Å²) in [5, 5.41) is 2.12. The number of hydrogen-bond donors (Lipinski definition) is 0. The Kier molecular flexibility index (Phi) is 3.88. The summed E-state index contributed by atoms with van der Waals surface area (Å²) in [6.07, 6.45) is 1.82. The van der Waals surface area contributed by atoms with Crippen LogP contribution in [0.4, 0.5) is 0 Å². The Bertz CT molecular complexity index is 396. The minimum atomic E-state index is 0. The highest BCUT2D eigenvalue weighted by atomic mass is 79.9. The Labute approximate surface area is 96.1 Å². The molecule has 0 saturated carbocycles. The van der Waals surface area contributed by atoms with Crippen molar-refractivity contribution < 1.29 is 0 Å². The molecule has 68 valence electrons. The molecule has 0 atom stereocenters. The third kappa shape index (κ3) is 2.09. The van der Waals surface area contributed by atoms with Gasteiger partial charge in [0.2, 0.25) is 0 Å². The van der Waals surface area contributed by atoms with Crippen LogP contribution in [-0.2, 0) is 5.33 Å². The number of aromatic nitrogens is 1. The van der Waals surface area contributed by atoms with E-state index < -0.39 is 0 Å². The quantitative estimate of drug-likeness (QED) is 0.732. The molecule has 13 heavy (non-hydrogen) atoms. The first-order valence-corrected chi connectivity index (χ1v) is 4.92. The number of halogens is 2. The average Bonchev–Trinajstić information content (AvgIpc) is 2.17. The van der Waals surface area contributed by atoms with E-state index in [4.69, 9.17) is 0 Å². The van der Waals surface area contributed by atoms with Crippen molar-refractivity contribution in [2.45, 2.75) is 5.33 Å². The first kappa shape index (κ1) is 10.7. The normalized spacial score (nSPS) is 9.62. The van der Waals surface area contributed by atoms with Crippen LogP contribution in [0.5, 0.6) is 0 Å². The molecular weight excluding hydrogens is 294 g/mol. The van der Waals surface area contributed by atoms with Gasteiger partial charge < -0.3 is 0 Å². The number of nitrogens with zero attached hydrogens (tertiary/aromatic N) is 1. The molecule has 0 fully saturated rings. The molecule has 0 radical (unpaired) electrons. The van der Waals surface area contributed by atoms with Crippen LogP contribution in [0.15, 0.2) is 36.5 Å². The van der Waals surface area contributed by atoms with Gasteiger partial charge in [0.25, 0.3) is 0 Å². The summed E-state index contributed by atoms with van der Waals surface area (Å²) in [5.41, 5.74) is 2.36. The molecule has 1 aromatic carbocycles. The van der Waals surface area contributed by atoms with Crippen LogP contribution in [0.3, 0.4) is 0 Å². The third-order valence-electron chi connectivity index (χ3n) is 1.88. The molecule has 0 aliphatic rings. The molecule has 1 heterocycles. The highest BCUT2D eigenvalue weighted by molar-refractivity contribution is 9.08. The Morgan fingerprint density at radius 2 is 2.00 bits per heavy atom. The second kappa shape index (κ2) is 4.72. The number of pyridine rings is 1. The lowest BCUT2D eigenvalue weighted by Gasteiger charge is -2.00. The monoisotopic (exact) mass is 301 g/mol. The third-order valence-corrected chi connectivity index (χ3v) is 2.48. The maximum atomic E-state index is 4.27. The first-order chi connectivity index (χ1) is 5.92. The molecule has 0 spiro atoms. The summed E-state index contributed by atoms with van der Waals surface area (Å²) in [5.74, 6) is 0. The van der Waals surface area contributed by atoms with Crippen molar-refractivity contribution in [1.29, 1.82) is 0 Å². The van der Waals surface area contributed by atoms with Gasteiger partial charge in [-0.2, -0.15) is 0 Å². The fourth-order valence-corrected chi connectivity index (χ4v) is 1.77. The standard InChI is InChI=1S/C10H8BrN.BrH/c11-7-8-3-1-5-10-9(8)4-2-6-12-10;/h1-6H,7H2;1H. The van der Waals surface area contributed by atoms with Gasteiger partial charge in [-0.1, -0.05) is 34.1 Å². The van der Waals surface area contributed by atoms with Gasteiger partial charge in [0.05, 0.1) is 5.52 Å². The minimum absolute atomic E-state index is 0. The van der Waals surface area contributed by atoms with Crippen molar-refractivity contribution in [3.05, 3.63) is 42.1 Å². The predicted molar refractivity (Wildman–Crippen MR) is 64.7 cm³/mol. The van der Waals surface area contributed by atoms with E-state index in [0.29, 0.717) is 0 Å². The predicted octanol–water partition coefficient (Wildman–Crippen LogP) is 3.71. The smallest absolute Gasteiger partial charge is 0.0705 e. The zero-order valence-electron chi connectivity index (χ0n) is 6.90. The number of hydrogen-bond acceptors (Lipinski definition) is 1. The lowest BCUT2D eigenvalue weighted by atomic mass is 10.1. The molecule has 0 bridgehead atoms. The highest BCUT2D eigenvalue weighted by Crippen LogP contribution is 2.18. The number of rotatable bonds is 1. The Hall–Kier alpha value is -0.410. The summed E-state index contributed by atoms with van der Waals surface area (Å²) in [6, 6.07) is 10.2. The summed E-state index contributed by atoms with van der Waals surface area (Å²) in [7, 11) is 0. The van der Waals surface area contributed by atoms with Crippen molar-refractivity contribution in [2.24, 2.45) is 0 Å². The van der Waals surface area contributed by atoms with E-state index in [-0.39, 0.29) is 17.0 Å². The van der Waals surface area contributed by atoms with Gasteiger partial charge in [-0.25, -0.2) is 0 Å². The molecule has 2 rings (SSSR count). The van der Waals surface area contributed by atoms with E-state index in [0.717, 1.165) is 10.8 Å². The highest BCUT2D eigenvalue weighted by Gasteiger charge is 1.97. The molecule has 3 heteroatoms. The number of alkyl halides is 1. The van der Waals surface area contributed by atoms with E-state index >= 15 is 0 Å².